The number of hydrogen-bond donors (Lipinski definition) is 2. The minimum atomic E-state index is -0.604. The third-order valence-electron chi connectivity index (χ3n) is 2.54. The summed E-state index contributed by atoms with van der Waals surface area (Å²) in [4.78, 5) is 23.4. The molecule has 0 aromatic heterocycles. The molecule has 0 radical (unpaired) electrons. The summed E-state index contributed by atoms with van der Waals surface area (Å²) in [6.45, 7) is 3.98. The molecule has 0 aliphatic heterocycles. The maximum atomic E-state index is 12.1. The molecule has 5 heteroatoms. The minimum Gasteiger partial charge on any atom is -0.453 e. The number of carbonyl (C=O) groups excluding carboxylic acids is 2. The maximum absolute atomic E-state index is 12.1. The standard InChI is InChI=1S/C14H20N2O3/c1-10(2)9-12(16-14(18)19-3)13(17)15-11-7-5-4-6-8-11/h4-8,10,12H,9H2,1-3H3,(H,15,17)(H,16,18). The van der Waals surface area contributed by atoms with Crippen molar-refractivity contribution in [3.05, 3.63) is 30.3 Å². The second-order valence-corrected chi connectivity index (χ2v) is 4.67. The van der Waals surface area contributed by atoms with Crippen molar-refractivity contribution in [2.75, 3.05) is 12.4 Å². The molecule has 2 N–H and O–H groups in total. The van der Waals surface area contributed by atoms with Crippen molar-refractivity contribution in [2.45, 2.75) is 26.3 Å². The lowest BCUT2D eigenvalue weighted by molar-refractivity contribution is -0.118. The van der Waals surface area contributed by atoms with Gasteiger partial charge in [0, 0.05) is 5.69 Å². The Balaban J connectivity index is 2.68. The highest BCUT2D eigenvalue weighted by Crippen LogP contribution is 2.10. The van der Waals surface area contributed by atoms with Gasteiger partial charge in [-0.1, -0.05) is 32.0 Å². The van der Waals surface area contributed by atoms with Crippen LogP contribution in [0.25, 0.3) is 0 Å². The molecule has 1 aromatic carbocycles. The van der Waals surface area contributed by atoms with E-state index in [-0.39, 0.29) is 11.8 Å². The van der Waals surface area contributed by atoms with Crippen molar-refractivity contribution in [1.29, 1.82) is 0 Å². The van der Waals surface area contributed by atoms with Crippen molar-refractivity contribution in [1.82, 2.24) is 5.32 Å². The summed E-state index contributed by atoms with van der Waals surface area (Å²) in [6.07, 6.45) is -0.0535. The largest absolute Gasteiger partial charge is 0.453 e. The number of methoxy groups -OCH3 is 1. The van der Waals surface area contributed by atoms with Gasteiger partial charge in [0.05, 0.1) is 7.11 Å². The summed E-state index contributed by atoms with van der Waals surface area (Å²) in [6, 6.07) is 8.52. The van der Waals surface area contributed by atoms with Gasteiger partial charge in [0.1, 0.15) is 6.04 Å². The van der Waals surface area contributed by atoms with Gasteiger partial charge < -0.3 is 15.4 Å². The molecule has 0 fully saturated rings. The first-order chi connectivity index (χ1) is 9.02. The van der Waals surface area contributed by atoms with Gasteiger partial charge >= 0.3 is 6.09 Å². The van der Waals surface area contributed by atoms with Gasteiger partial charge in [-0.15, -0.1) is 0 Å². The highest BCUT2D eigenvalue weighted by Gasteiger charge is 2.22. The van der Waals surface area contributed by atoms with Crippen LogP contribution in [0.15, 0.2) is 30.3 Å². The summed E-state index contributed by atoms with van der Waals surface area (Å²) in [5.74, 6) is 0.0361. The lowest BCUT2D eigenvalue weighted by Crippen LogP contribution is -2.44. The van der Waals surface area contributed by atoms with E-state index < -0.39 is 12.1 Å². The summed E-state index contributed by atoms with van der Waals surface area (Å²) >= 11 is 0. The number of para-hydroxylation sites is 1. The zero-order chi connectivity index (χ0) is 14.3. The Labute approximate surface area is 113 Å². The molecule has 1 atom stereocenters. The Bertz CT molecular complexity index is 418. The Morgan fingerprint density at radius 2 is 1.84 bits per heavy atom. The van der Waals surface area contributed by atoms with Crippen molar-refractivity contribution >= 4 is 17.7 Å². The molecule has 0 saturated heterocycles. The van der Waals surface area contributed by atoms with Crippen LogP contribution in [0.4, 0.5) is 10.5 Å². The molecule has 1 aromatic rings. The highest BCUT2D eigenvalue weighted by atomic mass is 16.5. The van der Waals surface area contributed by atoms with Gasteiger partial charge in [-0.2, -0.15) is 0 Å². The number of rotatable bonds is 5. The van der Waals surface area contributed by atoms with E-state index >= 15 is 0 Å². The normalized spacial score (nSPS) is 11.8. The van der Waals surface area contributed by atoms with Crippen molar-refractivity contribution in [2.24, 2.45) is 5.92 Å². The van der Waals surface area contributed by atoms with E-state index in [0.29, 0.717) is 12.1 Å². The number of carbonyl (C=O) groups is 2. The third-order valence-corrected chi connectivity index (χ3v) is 2.54. The van der Waals surface area contributed by atoms with Crippen LogP contribution in [0.3, 0.4) is 0 Å². The molecule has 104 valence electrons. The van der Waals surface area contributed by atoms with E-state index in [1.54, 1.807) is 12.1 Å². The fraction of sp³-hybridized carbons (Fsp3) is 0.429. The van der Waals surface area contributed by atoms with Gasteiger partial charge in [0.2, 0.25) is 5.91 Å². The zero-order valence-electron chi connectivity index (χ0n) is 11.5. The van der Waals surface area contributed by atoms with Crippen LogP contribution in [-0.4, -0.2) is 25.2 Å². The van der Waals surface area contributed by atoms with Gasteiger partial charge in [-0.3, -0.25) is 4.79 Å². The molecule has 5 nitrogen and oxygen atoms in total. The van der Waals surface area contributed by atoms with Crippen molar-refractivity contribution in [3.63, 3.8) is 0 Å². The fourth-order valence-electron chi connectivity index (χ4n) is 1.65. The summed E-state index contributed by atoms with van der Waals surface area (Å²) in [5.41, 5.74) is 0.702. The molecule has 2 amide bonds. The molecule has 19 heavy (non-hydrogen) atoms. The Morgan fingerprint density at radius 3 is 2.37 bits per heavy atom. The maximum Gasteiger partial charge on any atom is 0.407 e. The van der Waals surface area contributed by atoms with Gasteiger partial charge in [-0.05, 0) is 24.5 Å². The first-order valence-electron chi connectivity index (χ1n) is 6.23. The molecular formula is C14H20N2O3. The summed E-state index contributed by atoms with van der Waals surface area (Å²) in [7, 11) is 1.27. The number of amides is 2. The second-order valence-electron chi connectivity index (χ2n) is 4.67. The second kappa shape index (κ2) is 7.41. The van der Waals surface area contributed by atoms with E-state index in [4.69, 9.17) is 0 Å². The average Bonchev–Trinajstić information content (AvgIpc) is 2.38. The van der Waals surface area contributed by atoms with Crippen LogP contribution < -0.4 is 10.6 Å². The summed E-state index contributed by atoms with van der Waals surface area (Å²) in [5, 5.41) is 5.31. The van der Waals surface area contributed by atoms with Crippen LogP contribution >= 0.6 is 0 Å². The predicted octanol–water partition coefficient (Wildman–Crippen LogP) is 2.40. The lowest BCUT2D eigenvalue weighted by Gasteiger charge is -2.19. The number of benzene rings is 1. The SMILES string of the molecule is COC(=O)NC(CC(C)C)C(=O)Nc1ccccc1. The van der Waals surface area contributed by atoms with Gasteiger partial charge in [0.25, 0.3) is 0 Å². The monoisotopic (exact) mass is 264 g/mol. The van der Waals surface area contributed by atoms with E-state index in [9.17, 15) is 9.59 Å². The molecule has 0 bridgehead atoms. The van der Waals surface area contributed by atoms with Crippen LogP contribution in [0.2, 0.25) is 0 Å². The molecule has 0 heterocycles. The van der Waals surface area contributed by atoms with Crippen molar-refractivity contribution in [3.8, 4) is 0 Å². The van der Waals surface area contributed by atoms with E-state index in [1.807, 2.05) is 32.0 Å². The molecule has 0 aliphatic carbocycles. The topological polar surface area (TPSA) is 67.4 Å². The molecule has 1 unspecified atom stereocenters. The van der Waals surface area contributed by atoms with Crippen LogP contribution in [0.5, 0.6) is 0 Å². The quantitative estimate of drug-likeness (QED) is 0.858. The van der Waals surface area contributed by atoms with Crippen LogP contribution in [0.1, 0.15) is 20.3 Å². The Hall–Kier alpha value is -2.04. The number of ether oxygens (including phenoxy) is 1. The average molecular weight is 264 g/mol. The highest BCUT2D eigenvalue weighted by molar-refractivity contribution is 5.96. The predicted molar refractivity (Wildman–Crippen MR) is 73.9 cm³/mol. The van der Waals surface area contributed by atoms with Crippen molar-refractivity contribution < 1.29 is 14.3 Å². The van der Waals surface area contributed by atoms with Crippen LogP contribution in [0, 0.1) is 5.92 Å². The zero-order valence-corrected chi connectivity index (χ0v) is 11.5. The van der Waals surface area contributed by atoms with Crippen LogP contribution in [-0.2, 0) is 9.53 Å². The number of alkyl carbamates (subject to hydrolysis) is 1. The van der Waals surface area contributed by atoms with E-state index in [1.165, 1.54) is 7.11 Å². The molecule has 0 spiro atoms. The molecule has 0 saturated carbocycles. The lowest BCUT2D eigenvalue weighted by atomic mass is 10.0. The number of hydrogen-bond acceptors (Lipinski definition) is 3. The smallest absolute Gasteiger partial charge is 0.407 e. The Morgan fingerprint density at radius 1 is 1.21 bits per heavy atom. The first-order valence-corrected chi connectivity index (χ1v) is 6.23. The number of nitrogens with one attached hydrogen (secondary N) is 2. The molecular weight excluding hydrogens is 244 g/mol. The minimum absolute atomic E-state index is 0.245. The van der Waals surface area contributed by atoms with E-state index in [2.05, 4.69) is 15.4 Å². The third kappa shape index (κ3) is 5.42. The summed E-state index contributed by atoms with van der Waals surface area (Å²) < 4.78 is 4.53. The van der Waals surface area contributed by atoms with Gasteiger partial charge in [0.15, 0.2) is 0 Å². The Kier molecular flexibility index (Phi) is 5.85. The van der Waals surface area contributed by atoms with E-state index in [0.717, 1.165) is 0 Å². The van der Waals surface area contributed by atoms with Gasteiger partial charge in [-0.25, -0.2) is 4.79 Å². The molecule has 1 rings (SSSR count). The molecule has 0 aliphatic rings. The fourth-order valence-corrected chi connectivity index (χ4v) is 1.65. The first kappa shape index (κ1) is 15.0. The number of anilines is 1.